The van der Waals surface area contributed by atoms with Crippen LogP contribution in [0, 0.1) is 0 Å². The molecule has 1 aromatic carbocycles. The van der Waals surface area contributed by atoms with Gasteiger partial charge in [-0.3, -0.25) is 4.90 Å². The van der Waals surface area contributed by atoms with Crippen LogP contribution in [0.1, 0.15) is 24.9 Å². The van der Waals surface area contributed by atoms with Crippen molar-refractivity contribution in [1.29, 1.82) is 0 Å². The van der Waals surface area contributed by atoms with E-state index in [2.05, 4.69) is 36.1 Å². The van der Waals surface area contributed by atoms with Gasteiger partial charge in [0.1, 0.15) is 0 Å². The van der Waals surface area contributed by atoms with Crippen LogP contribution in [0.4, 0.5) is 0 Å². The normalized spacial score (nSPS) is 28.9. The van der Waals surface area contributed by atoms with Crippen molar-refractivity contribution in [2.45, 2.75) is 31.5 Å². The first-order valence-corrected chi connectivity index (χ1v) is 5.91. The second kappa shape index (κ2) is 4.95. The van der Waals surface area contributed by atoms with Gasteiger partial charge in [-0.25, -0.2) is 0 Å². The first-order valence-electron chi connectivity index (χ1n) is 5.91. The molecule has 0 spiro atoms. The summed E-state index contributed by atoms with van der Waals surface area (Å²) in [6.45, 7) is 3.89. The number of hydrogen-bond acceptors (Lipinski definition) is 3. The maximum atomic E-state index is 9.60. The van der Waals surface area contributed by atoms with E-state index in [1.807, 2.05) is 6.07 Å². The van der Waals surface area contributed by atoms with Crippen LogP contribution in [0.5, 0.6) is 0 Å². The van der Waals surface area contributed by atoms with Gasteiger partial charge in [0.25, 0.3) is 0 Å². The average molecular weight is 220 g/mol. The second-order valence-electron chi connectivity index (χ2n) is 4.60. The molecule has 0 saturated carbocycles. The highest BCUT2D eigenvalue weighted by Crippen LogP contribution is 2.23. The van der Waals surface area contributed by atoms with E-state index in [-0.39, 0.29) is 12.1 Å². The third kappa shape index (κ3) is 2.43. The summed E-state index contributed by atoms with van der Waals surface area (Å²) in [6, 6.07) is 10.7. The molecule has 1 unspecified atom stereocenters. The van der Waals surface area contributed by atoms with Gasteiger partial charge in [-0.05, 0) is 18.9 Å². The fourth-order valence-corrected chi connectivity index (χ4v) is 2.29. The van der Waals surface area contributed by atoms with Crippen LogP contribution in [-0.2, 0) is 0 Å². The number of nitrogens with zero attached hydrogens (tertiary/aromatic N) is 1. The van der Waals surface area contributed by atoms with E-state index in [0.717, 1.165) is 19.5 Å². The summed E-state index contributed by atoms with van der Waals surface area (Å²) in [7, 11) is 0. The summed E-state index contributed by atoms with van der Waals surface area (Å²) in [5, 5.41) is 9.60. The summed E-state index contributed by atoms with van der Waals surface area (Å²) < 4.78 is 0. The molecule has 16 heavy (non-hydrogen) atoms. The standard InChI is InChI=1S/C13H20N2O/c1-10(11-5-3-2-4-6-11)15-8-7-13(16)12(14)9-15/h2-6,10,12-13,16H,7-9,14H2,1H3/t10?,12-,13-/m1/s1. The van der Waals surface area contributed by atoms with Crippen LogP contribution in [0.25, 0.3) is 0 Å². The molecule has 2 rings (SSSR count). The van der Waals surface area contributed by atoms with Gasteiger partial charge in [0.15, 0.2) is 0 Å². The Bertz CT molecular complexity index is 328. The highest BCUT2D eigenvalue weighted by molar-refractivity contribution is 5.18. The Morgan fingerprint density at radius 3 is 2.69 bits per heavy atom. The Morgan fingerprint density at radius 2 is 2.06 bits per heavy atom. The molecule has 1 fully saturated rings. The Labute approximate surface area is 96.9 Å². The van der Waals surface area contributed by atoms with Crippen molar-refractivity contribution in [3.63, 3.8) is 0 Å². The highest BCUT2D eigenvalue weighted by Gasteiger charge is 2.27. The molecule has 0 amide bonds. The molecule has 3 heteroatoms. The number of aliphatic hydroxyl groups is 1. The molecule has 1 saturated heterocycles. The number of benzene rings is 1. The van der Waals surface area contributed by atoms with E-state index >= 15 is 0 Å². The lowest BCUT2D eigenvalue weighted by Gasteiger charge is -2.38. The summed E-state index contributed by atoms with van der Waals surface area (Å²) in [4.78, 5) is 2.34. The third-order valence-corrected chi connectivity index (χ3v) is 3.48. The first-order chi connectivity index (χ1) is 7.68. The SMILES string of the molecule is CC(c1ccccc1)N1CC[C@@H](O)[C@H](N)C1. The number of rotatable bonds is 2. The lowest BCUT2D eigenvalue weighted by Crippen LogP contribution is -2.51. The number of likely N-dealkylation sites (tertiary alicyclic amines) is 1. The van der Waals surface area contributed by atoms with Crippen molar-refractivity contribution in [1.82, 2.24) is 4.90 Å². The van der Waals surface area contributed by atoms with Gasteiger partial charge in [0.05, 0.1) is 6.10 Å². The smallest absolute Gasteiger partial charge is 0.0715 e. The monoisotopic (exact) mass is 220 g/mol. The quantitative estimate of drug-likeness (QED) is 0.786. The zero-order valence-electron chi connectivity index (χ0n) is 9.71. The van der Waals surface area contributed by atoms with Crippen molar-refractivity contribution < 1.29 is 5.11 Å². The number of hydrogen-bond donors (Lipinski definition) is 2. The van der Waals surface area contributed by atoms with E-state index in [9.17, 15) is 5.11 Å². The summed E-state index contributed by atoms with van der Waals surface area (Å²) in [5.74, 6) is 0. The Morgan fingerprint density at radius 1 is 1.38 bits per heavy atom. The summed E-state index contributed by atoms with van der Waals surface area (Å²) in [5.41, 5.74) is 7.20. The molecule has 0 aliphatic carbocycles. The number of aliphatic hydroxyl groups excluding tert-OH is 1. The Hall–Kier alpha value is -0.900. The maximum Gasteiger partial charge on any atom is 0.0715 e. The van der Waals surface area contributed by atoms with Crippen LogP contribution in [0.2, 0.25) is 0 Å². The van der Waals surface area contributed by atoms with E-state index in [4.69, 9.17) is 5.73 Å². The third-order valence-electron chi connectivity index (χ3n) is 3.48. The van der Waals surface area contributed by atoms with Crippen molar-refractivity contribution in [3.05, 3.63) is 35.9 Å². The van der Waals surface area contributed by atoms with Crippen LogP contribution >= 0.6 is 0 Å². The molecule has 1 aliphatic rings. The molecule has 3 atom stereocenters. The molecule has 1 aromatic rings. The van der Waals surface area contributed by atoms with Gasteiger partial charge >= 0.3 is 0 Å². The van der Waals surface area contributed by atoms with Gasteiger partial charge in [0, 0.05) is 25.2 Å². The Balaban J connectivity index is 2.03. The van der Waals surface area contributed by atoms with Gasteiger partial charge in [-0.1, -0.05) is 30.3 Å². The van der Waals surface area contributed by atoms with Gasteiger partial charge in [-0.2, -0.15) is 0 Å². The molecular formula is C13H20N2O. The predicted octanol–water partition coefficient (Wildman–Crippen LogP) is 1.14. The number of piperidine rings is 1. The van der Waals surface area contributed by atoms with Gasteiger partial charge < -0.3 is 10.8 Å². The molecular weight excluding hydrogens is 200 g/mol. The largest absolute Gasteiger partial charge is 0.391 e. The second-order valence-corrected chi connectivity index (χ2v) is 4.60. The Kier molecular flexibility index (Phi) is 3.59. The minimum absolute atomic E-state index is 0.111. The van der Waals surface area contributed by atoms with E-state index in [0.29, 0.717) is 6.04 Å². The topological polar surface area (TPSA) is 49.5 Å². The lowest BCUT2D eigenvalue weighted by molar-refractivity contribution is 0.0459. The molecule has 3 nitrogen and oxygen atoms in total. The number of nitrogens with two attached hydrogens (primary N) is 1. The fourth-order valence-electron chi connectivity index (χ4n) is 2.29. The van der Waals surface area contributed by atoms with Crippen LogP contribution in [0.3, 0.4) is 0 Å². The molecule has 1 heterocycles. The lowest BCUT2D eigenvalue weighted by atomic mass is 9.99. The molecule has 1 aliphatic heterocycles. The van der Waals surface area contributed by atoms with E-state index in [1.54, 1.807) is 0 Å². The van der Waals surface area contributed by atoms with Crippen molar-refractivity contribution in [2.75, 3.05) is 13.1 Å². The zero-order valence-corrected chi connectivity index (χ0v) is 9.71. The minimum atomic E-state index is -0.334. The minimum Gasteiger partial charge on any atom is -0.391 e. The van der Waals surface area contributed by atoms with Crippen LogP contribution in [0.15, 0.2) is 30.3 Å². The van der Waals surface area contributed by atoms with E-state index in [1.165, 1.54) is 5.56 Å². The summed E-state index contributed by atoms with van der Waals surface area (Å²) >= 11 is 0. The molecule has 0 aromatic heterocycles. The van der Waals surface area contributed by atoms with Crippen molar-refractivity contribution in [2.24, 2.45) is 5.73 Å². The van der Waals surface area contributed by atoms with Gasteiger partial charge in [0.2, 0.25) is 0 Å². The zero-order chi connectivity index (χ0) is 11.5. The molecule has 3 N–H and O–H groups in total. The highest BCUT2D eigenvalue weighted by atomic mass is 16.3. The van der Waals surface area contributed by atoms with Gasteiger partial charge in [-0.15, -0.1) is 0 Å². The predicted molar refractivity (Wildman–Crippen MR) is 65.0 cm³/mol. The van der Waals surface area contributed by atoms with Crippen molar-refractivity contribution >= 4 is 0 Å². The fraction of sp³-hybridized carbons (Fsp3) is 0.538. The molecule has 88 valence electrons. The first kappa shape index (κ1) is 11.6. The van der Waals surface area contributed by atoms with E-state index < -0.39 is 0 Å². The van der Waals surface area contributed by atoms with Crippen molar-refractivity contribution in [3.8, 4) is 0 Å². The van der Waals surface area contributed by atoms with Crippen LogP contribution in [-0.4, -0.2) is 35.2 Å². The average Bonchev–Trinajstić information content (AvgIpc) is 2.33. The summed E-state index contributed by atoms with van der Waals surface area (Å²) in [6.07, 6.45) is 0.442. The molecule has 0 radical (unpaired) electrons. The van der Waals surface area contributed by atoms with Crippen LogP contribution < -0.4 is 5.73 Å². The molecule has 0 bridgehead atoms. The maximum absolute atomic E-state index is 9.60.